The third-order valence-corrected chi connectivity index (χ3v) is 2.59. The second-order valence-electron chi connectivity index (χ2n) is 3.63. The van der Waals surface area contributed by atoms with E-state index in [2.05, 4.69) is 4.99 Å². The summed E-state index contributed by atoms with van der Waals surface area (Å²) < 4.78 is 0. The molecule has 0 amide bonds. The Hall–Kier alpha value is -1.48. The van der Waals surface area contributed by atoms with E-state index in [1.165, 1.54) is 0 Å². The highest BCUT2D eigenvalue weighted by molar-refractivity contribution is 6.41. The van der Waals surface area contributed by atoms with Crippen molar-refractivity contribution in [1.82, 2.24) is 0 Å². The van der Waals surface area contributed by atoms with E-state index in [0.717, 1.165) is 16.8 Å². The van der Waals surface area contributed by atoms with Crippen LogP contribution in [0.15, 0.2) is 23.2 Å². The van der Waals surface area contributed by atoms with Gasteiger partial charge in [-0.25, -0.2) is 4.99 Å². The fraction of sp³-hybridized carbons (Fsp3) is 0.333. The van der Waals surface area contributed by atoms with Crippen LogP contribution in [0.5, 0.6) is 0 Å². The third kappa shape index (κ3) is 1.83. The molecule has 78 valence electrons. The number of aliphatic imine (C=N–C) groups is 1. The van der Waals surface area contributed by atoms with Crippen molar-refractivity contribution in [3.05, 3.63) is 29.3 Å². The zero-order valence-electron chi connectivity index (χ0n) is 8.66. The Morgan fingerprint density at radius 3 is 2.93 bits per heavy atom. The molecular formula is C12H13NO2. The number of aliphatic hydroxyl groups excluding tert-OH is 1. The number of carbonyl (C=O) groups is 1. The van der Waals surface area contributed by atoms with Gasteiger partial charge in [-0.1, -0.05) is 19.1 Å². The summed E-state index contributed by atoms with van der Waals surface area (Å²) in [6.45, 7) is 1.94. The maximum Gasteiger partial charge on any atom is 0.181 e. The number of hydrogen-bond acceptors (Lipinski definition) is 3. The first-order chi connectivity index (χ1) is 7.24. The number of Topliss-reactive ketones (excluding diaryl/α,β-unsaturated/α-hetero) is 1. The van der Waals surface area contributed by atoms with Gasteiger partial charge in [0.25, 0.3) is 0 Å². The minimum Gasteiger partial charge on any atom is -0.392 e. The Kier molecular flexibility index (Phi) is 2.64. The van der Waals surface area contributed by atoms with E-state index in [1.54, 1.807) is 0 Å². The van der Waals surface area contributed by atoms with Gasteiger partial charge in [0.2, 0.25) is 0 Å². The van der Waals surface area contributed by atoms with Crippen molar-refractivity contribution in [3.63, 3.8) is 0 Å². The van der Waals surface area contributed by atoms with E-state index in [4.69, 9.17) is 5.11 Å². The largest absolute Gasteiger partial charge is 0.392 e. The molecule has 0 spiro atoms. The molecule has 0 aromatic heterocycles. The number of fused-ring (bicyclic) bond motifs is 1. The fourth-order valence-corrected chi connectivity index (χ4v) is 1.75. The molecule has 1 aromatic rings. The Morgan fingerprint density at radius 2 is 2.27 bits per heavy atom. The molecule has 1 aromatic carbocycles. The lowest BCUT2D eigenvalue weighted by atomic mass is 9.97. The highest BCUT2D eigenvalue weighted by Gasteiger charge is 2.18. The monoisotopic (exact) mass is 203 g/mol. The number of hydrogen-bond donors (Lipinski definition) is 1. The quantitative estimate of drug-likeness (QED) is 0.796. The summed E-state index contributed by atoms with van der Waals surface area (Å²) in [7, 11) is 0. The van der Waals surface area contributed by atoms with Crippen molar-refractivity contribution >= 4 is 17.2 Å². The molecule has 3 nitrogen and oxygen atoms in total. The molecule has 0 saturated heterocycles. The predicted molar refractivity (Wildman–Crippen MR) is 58.5 cm³/mol. The smallest absolute Gasteiger partial charge is 0.181 e. The number of carbonyl (C=O) groups excluding carboxylic acids is 1. The predicted octanol–water partition coefficient (Wildman–Crippen LogP) is 1.79. The van der Waals surface area contributed by atoms with Crippen LogP contribution in [-0.2, 0) is 17.8 Å². The Balaban J connectivity index is 2.45. The van der Waals surface area contributed by atoms with E-state index in [9.17, 15) is 4.79 Å². The summed E-state index contributed by atoms with van der Waals surface area (Å²) >= 11 is 0. The van der Waals surface area contributed by atoms with Crippen LogP contribution in [0.2, 0.25) is 0 Å². The van der Waals surface area contributed by atoms with Crippen LogP contribution in [0.3, 0.4) is 0 Å². The second-order valence-corrected chi connectivity index (χ2v) is 3.63. The maximum atomic E-state index is 11.6. The average molecular weight is 203 g/mol. The molecule has 0 saturated carbocycles. The summed E-state index contributed by atoms with van der Waals surface area (Å²) in [5.41, 5.74) is 3.27. The standard InChI is InChI=1S/C12H13NO2/c1-2-10-12(15)6-9-5-8(7-14)3-4-11(9)13-10/h3-5,14H,2,6-7H2,1H3. The summed E-state index contributed by atoms with van der Waals surface area (Å²) in [5, 5.41) is 8.98. The van der Waals surface area contributed by atoms with E-state index >= 15 is 0 Å². The molecule has 1 N–H and O–H groups in total. The number of benzene rings is 1. The number of nitrogens with zero attached hydrogens (tertiary/aromatic N) is 1. The van der Waals surface area contributed by atoms with Gasteiger partial charge < -0.3 is 5.11 Å². The molecule has 15 heavy (non-hydrogen) atoms. The number of rotatable bonds is 2. The topological polar surface area (TPSA) is 49.7 Å². The summed E-state index contributed by atoms with van der Waals surface area (Å²) in [6, 6.07) is 5.55. The van der Waals surface area contributed by atoms with Crippen LogP contribution >= 0.6 is 0 Å². The third-order valence-electron chi connectivity index (χ3n) is 2.59. The number of aliphatic hydroxyl groups is 1. The highest BCUT2D eigenvalue weighted by Crippen LogP contribution is 2.26. The van der Waals surface area contributed by atoms with Gasteiger partial charge in [0.1, 0.15) is 0 Å². The van der Waals surface area contributed by atoms with Crippen LogP contribution in [-0.4, -0.2) is 16.6 Å². The van der Waals surface area contributed by atoms with Gasteiger partial charge in [0, 0.05) is 6.42 Å². The van der Waals surface area contributed by atoms with Crippen molar-refractivity contribution in [2.45, 2.75) is 26.4 Å². The molecule has 0 radical (unpaired) electrons. The van der Waals surface area contributed by atoms with Gasteiger partial charge in [0.15, 0.2) is 5.78 Å². The Labute approximate surface area is 88.5 Å². The zero-order chi connectivity index (χ0) is 10.8. The van der Waals surface area contributed by atoms with Crippen LogP contribution in [0.1, 0.15) is 24.5 Å². The van der Waals surface area contributed by atoms with Crippen molar-refractivity contribution in [3.8, 4) is 0 Å². The van der Waals surface area contributed by atoms with Crippen molar-refractivity contribution in [1.29, 1.82) is 0 Å². The summed E-state index contributed by atoms with van der Waals surface area (Å²) in [5.74, 6) is 0.0973. The molecule has 2 rings (SSSR count). The molecule has 1 aliphatic rings. The van der Waals surface area contributed by atoms with Gasteiger partial charge in [-0.3, -0.25) is 4.79 Å². The molecule has 3 heteroatoms. The SMILES string of the molecule is CCC1=Nc2ccc(CO)cc2CC1=O. The average Bonchev–Trinajstić information content (AvgIpc) is 2.27. The van der Waals surface area contributed by atoms with Gasteiger partial charge in [0.05, 0.1) is 18.0 Å². The molecule has 1 aliphatic heterocycles. The van der Waals surface area contributed by atoms with E-state index in [1.807, 2.05) is 25.1 Å². The minimum absolute atomic E-state index is 0.00577. The van der Waals surface area contributed by atoms with E-state index in [0.29, 0.717) is 18.6 Å². The first-order valence-corrected chi connectivity index (χ1v) is 5.08. The van der Waals surface area contributed by atoms with Crippen molar-refractivity contribution in [2.75, 3.05) is 0 Å². The lowest BCUT2D eigenvalue weighted by Gasteiger charge is -2.14. The van der Waals surface area contributed by atoms with Gasteiger partial charge in [-0.2, -0.15) is 0 Å². The molecule has 0 aliphatic carbocycles. The van der Waals surface area contributed by atoms with Crippen LogP contribution < -0.4 is 0 Å². The minimum atomic E-state index is 0.00577. The van der Waals surface area contributed by atoms with E-state index < -0.39 is 0 Å². The zero-order valence-corrected chi connectivity index (χ0v) is 8.66. The van der Waals surface area contributed by atoms with E-state index in [-0.39, 0.29) is 12.4 Å². The van der Waals surface area contributed by atoms with Crippen LogP contribution in [0, 0.1) is 0 Å². The normalized spacial score (nSPS) is 14.8. The molecular weight excluding hydrogens is 190 g/mol. The van der Waals surface area contributed by atoms with Crippen molar-refractivity contribution in [2.24, 2.45) is 4.99 Å². The Morgan fingerprint density at radius 1 is 1.47 bits per heavy atom. The van der Waals surface area contributed by atoms with Gasteiger partial charge in [-0.05, 0) is 23.6 Å². The molecule has 0 unspecified atom stereocenters. The van der Waals surface area contributed by atoms with Gasteiger partial charge in [-0.15, -0.1) is 0 Å². The Bertz CT molecular complexity index is 435. The first kappa shape index (κ1) is 10.1. The van der Waals surface area contributed by atoms with Crippen LogP contribution in [0.25, 0.3) is 0 Å². The first-order valence-electron chi connectivity index (χ1n) is 5.08. The molecule has 0 fully saturated rings. The highest BCUT2D eigenvalue weighted by atomic mass is 16.3. The lowest BCUT2D eigenvalue weighted by Crippen LogP contribution is -2.19. The fourth-order valence-electron chi connectivity index (χ4n) is 1.75. The second kappa shape index (κ2) is 3.95. The van der Waals surface area contributed by atoms with Crippen molar-refractivity contribution < 1.29 is 9.90 Å². The molecule has 1 heterocycles. The lowest BCUT2D eigenvalue weighted by molar-refractivity contribution is -0.112. The van der Waals surface area contributed by atoms with Gasteiger partial charge >= 0.3 is 0 Å². The summed E-state index contributed by atoms with van der Waals surface area (Å²) in [4.78, 5) is 15.9. The number of ketones is 1. The molecule has 0 atom stereocenters. The summed E-state index contributed by atoms with van der Waals surface area (Å²) in [6.07, 6.45) is 1.09. The van der Waals surface area contributed by atoms with Crippen LogP contribution in [0.4, 0.5) is 5.69 Å². The maximum absolute atomic E-state index is 11.6. The molecule has 0 bridgehead atoms.